The van der Waals surface area contributed by atoms with Crippen LogP contribution in [0.1, 0.15) is 24.0 Å². The van der Waals surface area contributed by atoms with E-state index in [1.54, 1.807) is 10.6 Å². The number of hydrogen-bond donors (Lipinski definition) is 0. The Morgan fingerprint density at radius 3 is 2.57 bits per heavy atom. The van der Waals surface area contributed by atoms with E-state index in [2.05, 4.69) is 9.88 Å². The molecule has 2 aliphatic heterocycles. The van der Waals surface area contributed by atoms with E-state index >= 15 is 0 Å². The van der Waals surface area contributed by atoms with Crippen molar-refractivity contribution in [3.05, 3.63) is 75.7 Å². The third kappa shape index (κ3) is 4.80. The highest BCUT2D eigenvalue weighted by Gasteiger charge is 2.31. The topological polar surface area (TPSA) is 56.6 Å². The molecule has 5 rings (SSSR count). The highest BCUT2D eigenvalue weighted by atomic mass is 19.4. The molecule has 0 unspecified atom stereocenters. The molecule has 3 heterocycles. The first-order chi connectivity index (χ1) is 16.7. The first-order valence-corrected chi connectivity index (χ1v) is 11.0. The van der Waals surface area contributed by atoms with Crippen LogP contribution in [0, 0.1) is 17.6 Å². The van der Waals surface area contributed by atoms with Crippen molar-refractivity contribution in [2.45, 2.75) is 32.2 Å². The number of alkyl halides is 3. The molecule has 0 N–H and O–H groups in total. The van der Waals surface area contributed by atoms with Crippen LogP contribution >= 0.6 is 0 Å². The molecule has 2 aromatic carbocycles. The first-order valence-electron chi connectivity index (χ1n) is 11.0. The Balaban J connectivity index is 1.32. The summed E-state index contributed by atoms with van der Waals surface area (Å²) in [6, 6.07) is 7.26. The summed E-state index contributed by atoms with van der Waals surface area (Å²) in [6.45, 7) is 1.99. The average molecular weight is 493 g/mol. The molecule has 3 aromatic rings. The number of benzene rings is 2. The number of anilines is 1. The Morgan fingerprint density at radius 2 is 1.83 bits per heavy atom. The summed E-state index contributed by atoms with van der Waals surface area (Å²) in [5.74, 6) is -2.27. The number of nitrogens with zero attached hydrogens (tertiary/aromatic N) is 3. The third-order valence-electron chi connectivity index (χ3n) is 6.08. The summed E-state index contributed by atoms with van der Waals surface area (Å²) in [6.07, 6.45) is -2.53. The average Bonchev–Trinajstić information content (AvgIpc) is 2.81. The van der Waals surface area contributed by atoms with Crippen LogP contribution in [0.2, 0.25) is 0 Å². The second-order valence-corrected chi connectivity index (χ2v) is 8.60. The van der Waals surface area contributed by atoms with E-state index in [1.165, 1.54) is 0 Å². The lowest BCUT2D eigenvalue weighted by atomic mass is 9.96. The molecule has 0 amide bonds. The Morgan fingerprint density at radius 1 is 1.06 bits per heavy atom. The summed E-state index contributed by atoms with van der Waals surface area (Å²) < 4.78 is 80.0. The van der Waals surface area contributed by atoms with Gasteiger partial charge in [-0.15, -0.1) is 0 Å². The monoisotopic (exact) mass is 493 g/mol. The number of aromatic nitrogens is 2. The maximum absolute atomic E-state index is 14.6. The molecule has 1 fully saturated rings. The molecule has 6 nitrogen and oxygen atoms in total. The van der Waals surface area contributed by atoms with Crippen molar-refractivity contribution in [3.63, 3.8) is 0 Å². The lowest BCUT2D eigenvalue weighted by molar-refractivity contribution is -0.137. The lowest BCUT2D eigenvalue weighted by Crippen LogP contribution is -2.46. The van der Waals surface area contributed by atoms with Crippen molar-refractivity contribution >= 4 is 5.82 Å². The van der Waals surface area contributed by atoms with Crippen LogP contribution in [-0.2, 0) is 19.3 Å². The van der Waals surface area contributed by atoms with Crippen LogP contribution in [0.25, 0.3) is 0 Å². The molecule has 0 spiro atoms. The van der Waals surface area contributed by atoms with Crippen LogP contribution in [0.5, 0.6) is 17.4 Å². The molecule has 1 aromatic heterocycles. The second-order valence-electron chi connectivity index (χ2n) is 8.60. The molecule has 35 heavy (non-hydrogen) atoms. The van der Waals surface area contributed by atoms with Gasteiger partial charge in [-0.25, -0.2) is 13.6 Å². The van der Waals surface area contributed by atoms with E-state index in [9.17, 15) is 26.7 Å². The highest BCUT2D eigenvalue weighted by molar-refractivity contribution is 5.45. The first kappa shape index (κ1) is 23.1. The van der Waals surface area contributed by atoms with E-state index in [4.69, 9.17) is 9.47 Å². The predicted molar refractivity (Wildman–Crippen MR) is 116 cm³/mol. The van der Waals surface area contributed by atoms with E-state index < -0.39 is 34.8 Å². The van der Waals surface area contributed by atoms with Gasteiger partial charge in [0, 0.05) is 25.7 Å². The Bertz CT molecular complexity index is 1300. The van der Waals surface area contributed by atoms with Gasteiger partial charge < -0.3 is 14.4 Å². The molecule has 0 aliphatic carbocycles. The minimum Gasteiger partial charge on any atom is -0.473 e. The van der Waals surface area contributed by atoms with Gasteiger partial charge in [0.25, 0.3) is 0 Å². The minimum absolute atomic E-state index is 0.0374. The van der Waals surface area contributed by atoms with Crippen molar-refractivity contribution in [2.24, 2.45) is 5.92 Å². The van der Waals surface area contributed by atoms with Gasteiger partial charge in [-0.2, -0.15) is 18.2 Å². The third-order valence-corrected chi connectivity index (χ3v) is 6.08. The maximum atomic E-state index is 14.6. The minimum atomic E-state index is -4.62. The predicted octanol–water partition coefficient (Wildman–Crippen LogP) is 5.14. The highest BCUT2D eigenvalue weighted by Crippen LogP contribution is 2.35. The fraction of sp³-hybridized carbons (Fsp3) is 0.333. The van der Waals surface area contributed by atoms with Gasteiger partial charge in [-0.3, -0.25) is 4.57 Å². The van der Waals surface area contributed by atoms with Crippen molar-refractivity contribution in [1.29, 1.82) is 0 Å². The molecule has 1 atom stereocenters. The Labute approximate surface area is 196 Å². The van der Waals surface area contributed by atoms with Gasteiger partial charge in [0.15, 0.2) is 17.4 Å². The van der Waals surface area contributed by atoms with E-state index in [0.717, 1.165) is 56.3 Å². The summed E-state index contributed by atoms with van der Waals surface area (Å²) in [4.78, 5) is 18.5. The second kappa shape index (κ2) is 8.86. The molecular weight excluding hydrogens is 473 g/mol. The fourth-order valence-corrected chi connectivity index (χ4v) is 4.47. The standard InChI is InChI=1S/C24H20F5N3O3/c25-18-7-15(8-19(26)22(18)35-17-5-1-4-16(9-17)24(27,28)29)13-34-20-10-21-31-6-2-3-14(11-31)12-32(21)23(33)30-20/h1,4-5,7-10,14H,2-3,6,11-13H2/t14-/m1/s1. The van der Waals surface area contributed by atoms with Crippen molar-refractivity contribution in [1.82, 2.24) is 9.55 Å². The zero-order valence-corrected chi connectivity index (χ0v) is 18.3. The quantitative estimate of drug-likeness (QED) is 0.461. The van der Waals surface area contributed by atoms with E-state index in [0.29, 0.717) is 24.3 Å². The summed E-state index contributed by atoms with van der Waals surface area (Å²) in [5.41, 5.74) is -1.36. The van der Waals surface area contributed by atoms with Crippen LogP contribution < -0.4 is 20.1 Å². The SMILES string of the molecule is O=c1nc(OCc2cc(F)c(Oc3cccc(C(F)(F)F)c3)c(F)c2)cc2n1C[C@@H]1CCCN2C1. The van der Waals surface area contributed by atoms with Gasteiger partial charge in [-0.05, 0) is 54.7 Å². The normalized spacial score (nSPS) is 17.2. The van der Waals surface area contributed by atoms with Gasteiger partial charge in [0.2, 0.25) is 5.88 Å². The Hall–Kier alpha value is -3.63. The molecule has 11 heteroatoms. The Kier molecular flexibility index (Phi) is 5.86. The molecule has 0 radical (unpaired) electrons. The number of halogens is 5. The van der Waals surface area contributed by atoms with Crippen molar-refractivity contribution in [2.75, 3.05) is 18.0 Å². The van der Waals surface area contributed by atoms with Crippen LogP contribution in [0.4, 0.5) is 27.8 Å². The van der Waals surface area contributed by atoms with Crippen molar-refractivity contribution < 1.29 is 31.4 Å². The molecule has 184 valence electrons. The number of fused-ring (bicyclic) bond motifs is 4. The molecule has 1 saturated heterocycles. The number of hydrogen-bond acceptors (Lipinski definition) is 5. The fourth-order valence-electron chi connectivity index (χ4n) is 4.47. The molecule has 0 saturated carbocycles. The van der Waals surface area contributed by atoms with Gasteiger partial charge in [-0.1, -0.05) is 6.07 Å². The van der Waals surface area contributed by atoms with Gasteiger partial charge in [0.05, 0.1) is 5.56 Å². The van der Waals surface area contributed by atoms with E-state index in [1.807, 2.05) is 0 Å². The van der Waals surface area contributed by atoms with Gasteiger partial charge in [0.1, 0.15) is 18.2 Å². The van der Waals surface area contributed by atoms with Gasteiger partial charge >= 0.3 is 11.9 Å². The molecular formula is C24H20F5N3O3. The smallest absolute Gasteiger partial charge is 0.416 e. The van der Waals surface area contributed by atoms with Crippen LogP contribution in [0.3, 0.4) is 0 Å². The molecule has 2 bridgehead atoms. The zero-order valence-electron chi connectivity index (χ0n) is 18.3. The largest absolute Gasteiger partial charge is 0.473 e. The summed E-state index contributed by atoms with van der Waals surface area (Å²) in [7, 11) is 0. The number of rotatable bonds is 5. The van der Waals surface area contributed by atoms with Crippen LogP contribution in [0.15, 0.2) is 47.3 Å². The number of ether oxygens (including phenoxy) is 2. The maximum Gasteiger partial charge on any atom is 0.416 e. The summed E-state index contributed by atoms with van der Waals surface area (Å²) in [5, 5.41) is 0. The lowest BCUT2D eigenvalue weighted by Gasteiger charge is -2.40. The number of piperidine rings is 1. The van der Waals surface area contributed by atoms with E-state index in [-0.39, 0.29) is 23.8 Å². The molecule has 2 aliphatic rings. The zero-order chi connectivity index (χ0) is 24.7. The van der Waals surface area contributed by atoms with Crippen molar-refractivity contribution in [3.8, 4) is 17.4 Å². The van der Waals surface area contributed by atoms with Crippen LogP contribution in [-0.4, -0.2) is 22.6 Å². The summed E-state index contributed by atoms with van der Waals surface area (Å²) >= 11 is 0.